The molecule has 4 rings (SSSR count). The third-order valence-corrected chi connectivity index (χ3v) is 6.94. The predicted octanol–water partition coefficient (Wildman–Crippen LogP) is 1.98. The number of benzene rings is 1. The number of nitrogens with one attached hydrogen (secondary N) is 1. The highest BCUT2D eigenvalue weighted by Crippen LogP contribution is 2.37. The Morgan fingerprint density at radius 2 is 1.87 bits per heavy atom. The monoisotopic (exact) mass is 414 g/mol. The Hall–Kier alpha value is -1.90. The number of hydrogen-bond acceptors (Lipinski definition) is 6. The highest BCUT2D eigenvalue weighted by molar-refractivity contribution is 6.47. The number of carboxylic acids is 1. The molecule has 1 atom stereocenters. The molecule has 1 saturated carbocycles. The topological polar surface area (TPSA) is 99.1 Å². The fourth-order valence-corrected chi connectivity index (χ4v) is 5.29. The van der Waals surface area contributed by atoms with Gasteiger partial charge in [-0.15, -0.1) is 0 Å². The lowest BCUT2D eigenvalue weighted by atomic mass is 9.64. The summed E-state index contributed by atoms with van der Waals surface area (Å²) in [6, 6.07) is 5.62. The van der Waals surface area contributed by atoms with Crippen LogP contribution in [0, 0.1) is 5.92 Å². The van der Waals surface area contributed by atoms with Gasteiger partial charge in [-0.3, -0.25) is 9.69 Å². The molecule has 0 aromatic heterocycles. The van der Waals surface area contributed by atoms with E-state index in [0.29, 0.717) is 24.8 Å². The van der Waals surface area contributed by atoms with E-state index in [1.165, 1.54) is 18.9 Å². The molecule has 0 spiro atoms. The van der Waals surface area contributed by atoms with Crippen molar-refractivity contribution >= 4 is 18.9 Å². The molecule has 162 valence electrons. The van der Waals surface area contributed by atoms with Crippen molar-refractivity contribution in [2.45, 2.75) is 56.8 Å². The smallest absolute Gasteiger partial charge is 0.526 e. The van der Waals surface area contributed by atoms with E-state index in [0.717, 1.165) is 44.6 Å². The first-order valence-corrected chi connectivity index (χ1v) is 11.2. The molecule has 30 heavy (non-hydrogen) atoms. The zero-order valence-electron chi connectivity index (χ0n) is 17.4. The van der Waals surface area contributed by atoms with E-state index in [4.69, 9.17) is 4.65 Å². The van der Waals surface area contributed by atoms with Crippen molar-refractivity contribution in [1.29, 1.82) is 0 Å². The summed E-state index contributed by atoms with van der Waals surface area (Å²) in [4.78, 5) is 26.7. The predicted molar refractivity (Wildman–Crippen MR) is 114 cm³/mol. The van der Waals surface area contributed by atoms with Crippen molar-refractivity contribution in [3.05, 3.63) is 29.3 Å². The van der Waals surface area contributed by atoms with E-state index < -0.39 is 13.1 Å². The number of carboxylic acid groups (broad SMARTS) is 1. The van der Waals surface area contributed by atoms with Gasteiger partial charge in [0.15, 0.2) is 0 Å². The number of fused-ring (bicyclic) bond motifs is 1. The Kier molecular flexibility index (Phi) is 6.75. The molecule has 8 heteroatoms. The maximum Gasteiger partial charge on any atom is 0.526 e. The zero-order chi connectivity index (χ0) is 21.1. The van der Waals surface area contributed by atoms with Gasteiger partial charge in [0.05, 0.1) is 5.56 Å². The SMILES string of the molecule is O=C(CC1CCC(N2CCNCC2)CC1)C[C@H]1Cc2cccc(C(=O)O)c2OB1O. The standard InChI is InChI=1S/C22H31BN2O5/c26-19(12-15-4-6-18(7-5-15)25-10-8-24-9-11-25)14-17-13-16-2-1-3-20(22(27)28)21(16)30-23(17)29/h1-3,15,17-18,24,29H,4-14H2,(H,27,28)/t15?,17-,18?/m1/s1. The summed E-state index contributed by atoms with van der Waals surface area (Å²) in [5.74, 6) is -0.570. The van der Waals surface area contributed by atoms with Gasteiger partial charge in [-0.25, -0.2) is 4.79 Å². The summed E-state index contributed by atoms with van der Waals surface area (Å²) in [5.41, 5.74) is 0.798. The summed E-state index contributed by atoms with van der Waals surface area (Å²) in [6.45, 7) is 4.39. The van der Waals surface area contributed by atoms with Crippen LogP contribution in [-0.2, 0) is 11.2 Å². The van der Waals surface area contributed by atoms with Crippen LogP contribution in [0.3, 0.4) is 0 Å². The van der Waals surface area contributed by atoms with Gasteiger partial charge in [-0.1, -0.05) is 12.1 Å². The fraction of sp³-hybridized carbons (Fsp3) is 0.636. The van der Waals surface area contributed by atoms with E-state index in [1.807, 2.05) is 6.07 Å². The first-order chi connectivity index (χ1) is 14.5. The first kappa shape index (κ1) is 21.3. The van der Waals surface area contributed by atoms with Crippen LogP contribution in [0.4, 0.5) is 0 Å². The van der Waals surface area contributed by atoms with Crippen LogP contribution in [0.15, 0.2) is 18.2 Å². The average molecular weight is 414 g/mol. The summed E-state index contributed by atoms with van der Waals surface area (Å²) in [7, 11) is -1.15. The van der Waals surface area contributed by atoms with Gasteiger partial charge in [0.25, 0.3) is 0 Å². The molecule has 7 nitrogen and oxygen atoms in total. The number of piperazine rings is 1. The molecule has 0 radical (unpaired) electrons. The molecule has 1 aromatic rings. The maximum absolute atomic E-state index is 12.7. The molecule has 1 aromatic carbocycles. The third kappa shape index (κ3) is 4.87. The number of hydrogen-bond donors (Lipinski definition) is 3. The second-order valence-corrected chi connectivity index (χ2v) is 8.98. The van der Waals surface area contributed by atoms with Crippen molar-refractivity contribution in [3.8, 4) is 5.75 Å². The molecule has 3 N–H and O–H groups in total. The minimum absolute atomic E-state index is 0.0533. The van der Waals surface area contributed by atoms with Gasteiger partial charge in [-0.2, -0.15) is 0 Å². The van der Waals surface area contributed by atoms with Crippen molar-refractivity contribution in [2.75, 3.05) is 26.2 Å². The summed E-state index contributed by atoms with van der Waals surface area (Å²) < 4.78 is 5.52. The largest absolute Gasteiger partial charge is 0.535 e. The third-order valence-electron chi connectivity index (χ3n) is 6.94. The van der Waals surface area contributed by atoms with Crippen LogP contribution in [0.1, 0.15) is 54.4 Å². The maximum atomic E-state index is 12.7. The lowest BCUT2D eigenvalue weighted by Crippen LogP contribution is -2.49. The van der Waals surface area contributed by atoms with Crippen LogP contribution < -0.4 is 9.97 Å². The molecule has 0 amide bonds. The number of Topliss-reactive ketones (excluding diaryl/α,β-unsaturated/α-hetero) is 1. The van der Waals surface area contributed by atoms with Gasteiger partial charge in [0.2, 0.25) is 0 Å². The van der Waals surface area contributed by atoms with Gasteiger partial charge < -0.3 is 20.1 Å². The molecule has 1 aliphatic carbocycles. The zero-order valence-corrected chi connectivity index (χ0v) is 17.4. The number of carbonyl (C=O) groups excluding carboxylic acids is 1. The molecule has 0 unspecified atom stereocenters. The number of rotatable bonds is 6. The molecule has 2 fully saturated rings. The van der Waals surface area contributed by atoms with Crippen molar-refractivity contribution < 1.29 is 24.4 Å². The molecule has 0 bridgehead atoms. The van der Waals surface area contributed by atoms with E-state index in [1.54, 1.807) is 6.07 Å². The van der Waals surface area contributed by atoms with Crippen LogP contribution in [0.5, 0.6) is 5.75 Å². The molecule has 2 aliphatic heterocycles. The first-order valence-electron chi connectivity index (χ1n) is 11.2. The molecular weight excluding hydrogens is 383 g/mol. The van der Waals surface area contributed by atoms with Gasteiger partial charge in [0.1, 0.15) is 11.5 Å². The Labute approximate surface area is 177 Å². The minimum atomic E-state index is -1.15. The number of para-hydroxylation sites is 1. The van der Waals surface area contributed by atoms with Gasteiger partial charge in [0, 0.05) is 50.9 Å². The van der Waals surface area contributed by atoms with Crippen molar-refractivity contribution in [3.63, 3.8) is 0 Å². The van der Waals surface area contributed by atoms with Crippen molar-refractivity contribution in [1.82, 2.24) is 10.2 Å². The second kappa shape index (κ2) is 9.50. The summed E-state index contributed by atoms with van der Waals surface area (Å²) >= 11 is 0. The Morgan fingerprint density at radius 1 is 1.13 bits per heavy atom. The fourth-order valence-electron chi connectivity index (χ4n) is 5.29. The number of carbonyl (C=O) groups is 2. The van der Waals surface area contributed by atoms with Crippen LogP contribution in [0.2, 0.25) is 5.82 Å². The van der Waals surface area contributed by atoms with E-state index in [-0.39, 0.29) is 29.3 Å². The Bertz CT molecular complexity index is 775. The average Bonchev–Trinajstić information content (AvgIpc) is 2.75. The van der Waals surface area contributed by atoms with E-state index >= 15 is 0 Å². The molecule has 1 saturated heterocycles. The van der Waals surface area contributed by atoms with Crippen LogP contribution in [0.25, 0.3) is 0 Å². The Morgan fingerprint density at radius 3 is 2.57 bits per heavy atom. The molecule has 2 heterocycles. The Balaban J connectivity index is 1.27. The van der Waals surface area contributed by atoms with Crippen molar-refractivity contribution in [2.24, 2.45) is 5.92 Å². The lowest BCUT2D eigenvalue weighted by molar-refractivity contribution is -0.120. The molecular formula is C22H31BN2O5. The summed E-state index contributed by atoms with van der Waals surface area (Å²) in [5, 5.41) is 23.1. The van der Waals surface area contributed by atoms with E-state index in [9.17, 15) is 19.7 Å². The summed E-state index contributed by atoms with van der Waals surface area (Å²) in [6.07, 6.45) is 5.81. The highest BCUT2D eigenvalue weighted by atomic mass is 16.5. The van der Waals surface area contributed by atoms with Crippen LogP contribution >= 0.6 is 0 Å². The quantitative estimate of drug-likeness (QED) is 0.613. The van der Waals surface area contributed by atoms with E-state index in [2.05, 4.69) is 10.2 Å². The number of ketones is 1. The highest BCUT2D eigenvalue weighted by Gasteiger charge is 2.38. The molecule has 3 aliphatic rings. The normalized spacial score (nSPS) is 27.2. The second-order valence-electron chi connectivity index (χ2n) is 8.98. The van der Waals surface area contributed by atoms with Crippen LogP contribution in [-0.4, -0.2) is 66.1 Å². The van der Waals surface area contributed by atoms with Gasteiger partial charge >= 0.3 is 13.1 Å². The lowest BCUT2D eigenvalue weighted by Gasteiger charge is -2.39. The minimum Gasteiger partial charge on any atom is -0.535 e. The number of nitrogens with zero attached hydrogens (tertiary/aromatic N) is 1. The van der Waals surface area contributed by atoms with Gasteiger partial charge in [-0.05, 0) is 49.7 Å². The number of aromatic carboxylic acids is 1.